The summed E-state index contributed by atoms with van der Waals surface area (Å²) in [6.07, 6.45) is 1.18. The Morgan fingerprint density at radius 1 is 1.48 bits per heavy atom. The van der Waals surface area contributed by atoms with Gasteiger partial charge in [0.25, 0.3) is 5.91 Å². The lowest BCUT2D eigenvalue weighted by molar-refractivity contribution is -0.148. The highest BCUT2D eigenvalue weighted by Gasteiger charge is 2.34. The number of hydrogen-bond donors (Lipinski definition) is 2. The predicted octanol–water partition coefficient (Wildman–Crippen LogP) is -0.326. The zero-order valence-electron chi connectivity index (χ0n) is 13.6. The van der Waals surface area contributed by atoms with Crippen molar-refractivity contribution in [2.75, 3.05) is 33.4 Å². The highest BCUT2D eigenvalue weighted by molar-refractivity contribution is 7.80. The number of piperazine rings is 1. The summed E-state index contributed by atoms with van der Waals surface area (Å²) in [6.45, 7) is 1.08. The van der Waals surface area contributed by atoms with Gasteiger partial charge in [-0.2, -0.15) is 0 Å². The summed E-state index contributed by atoms with van der Waals surface area (Å²) in [5.74, 6) is -1.34. The molecule has 2 N–H and O–H groups in total. The molecular formula is C15H19N3O6S. The topological polar surface area (TPSA) is 110 Å². The fourth-order valence-electron chi connectivity index (χ4n) is 2.25. The van der Waals surface area contributed by atoms with Gasteiger partial charge < -0.3 is 24.1 Å². The van der Waals surface area contributed by atoms with E-state index in [9.17, 15) is 14.4 Å². The van der Waals surface area contributed by atoms with Gasteiger partial charge in [-0.3, -0.25) is 19.7 Å². The van der Waals surface area contributed by atoms with Gasteiger partial charge in [0.2, 0.25) is 5.91 Å². The minimum Gasteiger partial charge on any atom is -0.463 e. The highest BCUT2D eigenvalue weighted by atomic mass is 32.1. The average Bonchev–Trinajstić information content (AvgIpc) is 3.11. The Morgan fingerprint density at radius 3 is 2.96 bits per heavy atom. The van der Waals surface area contributed by atoms with Crippen molar-refractivity contribution in [1.82, 2.24) is 15.5 Å². The Morgan fingerprint density at radius 2 is 2.28 bits per heavy atom. The Labute approximate surface area is 149 Å². The summed E-state index contributed by atoms with van der Waals surface area (Å²) in [5, 5.41) is 5.21. The van der Waals surface area contributed by atoms with Gasteiger partial charge in [-0.15, -0.1) is 0 Å². The number of nitrogens with zero attached hydrogens (tertiary/aromatic N) is 1. The van der Waals surface area contributed by atoms with E-state index >= 15 is 0 Å². The molecule has 1 atom stereocenters. The molecule has 10 heteroatoms. The molecule has 0 bridgehead atoms. The van der Waals surface area contributed by atoms with Crippen molar-refractivity contribution in [3.05, 3.63) is 24.2 Å². The molecule has 2 amide bonds. The molecule has 0 saturated carbocycles. The minimum absolute atomic E-state index is 0.0472. The quantitative estimate of drug-likeness (QED) is 0.399. The lowest BCUT2D eigenvalue weighted by Gasteiger charge is -2.36. The van der Waals surface area contributed by atoms with Crippen molar-refractivity contribution in [1.29, 1.82) is 0 Å². The Hall–Kier alpha value is -2.46. The molecular weight excluding hydrogens is 350 g/mol. The Bertz CT molecular complexity index is 633. The molecule has 1 aromatic heterocycles. The van der Waals surface area contributed by atoms with Crippen molar-refractivity contribution in [2.24, 2.45) is 0 Å². The molecule has 1 aliphatic rings. The molecule has 1 aromatic rings. The number of furan rings is 1. The molecule has 2 heterocycles. The number of hydrogen-bond acceptors (Lipinski definition) is 7. The third-order valence-electron chi connectivity index (χ3n) is 3.47. The van der Waals surface area contributed by atoms with E-state index in [-0.39, 0.29) is 36.4 Å². The maximum absolute atomic E-state index is 12.1. The molecule has 1 fully saturated rings. The van der Waals surface area contributed by atoms with Gasteiger partial charge in [-0.05, 0) is 24.4 Å². The molecule has 1 unspecified atom stereocenters. The van der Waals surface area contributed by atoms with E-state index in [4.69, 9.17) is 26.1 Å². The van der Waals surface area contributed by atoms with Gasteiger partial charge >= 0.3 is 5.97 Å². The lowest BCUT2D eigenvalue weighted by Crippen LogP contribution is -2.60. The molecule has 2 rings (SSSR count). The molecule has 1 aliphatic heterocycles. The number of amides is 2. The first kappa shape index (κ1) is 18.9. The third kappa shape index (κ3) is 5.26. The number of methoxy groups -OCH3 is 1. The molecule has 136 valence electrons. The van der Waals surface area contributed by atoms with Crippen molar-refractivity contribution >= 4 is 35.1 Å². The number of ether oxygens (including phenoxy) is 2. The van der Waals surface area contributed by atoms with Crippen LogP contribution in [0, 0.1) is 0 Å². The van der Waals surface area contributed by atoms with Gasteiger partial charge in [0.15, 0.2) is 10.9 Å². The van der Waals surface area contributed by atoms with Crippen LogP contribution in [0.25, 0.3) is 0 Å². The second-order valence-electron chi connectivity index (χ2n) is 5.15. The number of esters is 1. The summed E-state index contributed by atoms with van der Waals surface area (Å²) in [4.78, 5) is 37.5. The van der Waals surface area contributed by atoms with Crippen molar-refractivity contribution in [3.63, 3.8) is 0 Å². The first-order valence-electron chi connectivity index (χ1n) is 7.60. The van der Waals surface area contributed by atoms with Crippen LogP contribution in [0.15, 0.2) is 22.8 Å². The van der Waals surface area contributed by atoms with Crippen molar-refractivity contribution < 1.29 is 28.3 Å². The van der Waals surface area contributed by atoms with Crippen molar-refractivity contribution in [3.8, 4) is 0 Å². The molecule has 0 aliphatic carbocycles. The van der Waals surface area contributed by atoms with E-state index in [1.54, 1.807) is 6.07 Å². The van der Waals surface area contributed by atoms with Crippen LogP contribution in [-0.2, 0) is 19.1 Å². The van der Waals surface area contributed by atoms with E-state index in [1.807, 2.05) is 0 Å². The lowest BCUT2D eigenvalue weighted by atomic mass is 10.1. The highest BCUT2D eigenvalue weighted by Crippen LogP contribution is 2.11. The van der Waals surface area contributed by atoms with Crippen LogP contribution < -0.4 is 10.6 Å². The van der Waals surface area contributed by atoms with Crippen molar-refractivity contribution in [2.45, 2.75) is 12.5 Å². The van der Waals surface area contributed by atoms with E-state index in [0.717, 1.165) is 0 Å². The van der Waals surface area contributed by atoms with Gasteiger partial charge in [0, 0.05) is 20.2 Å². The maximum atomic E-state index is 12.1. The monoisotopic (exact) mass is 369 g/mol. The zero-order chi connectivity index (χ0) is 18.2. The fourth-order valence-corrected chi connectivity index (χ4v) is 2.57. The van der Waals surface area contributed by atoms with E-state index in [0.29, 0.717) is 13.1 Å². The summed E-state index contributed by atoms with van der Waals surface area (Å²) in [6, 6.07) is 2.21. The maximum Gasteiger partial charge on any atom is 0.308 e. The van der Waals surface area contributed by atoms with Gasteiger partial charge in [-0.25, -0.2) is 0 Å². The van der Waals surface area contributed by atoms with Crippen LogP contribution in [0.1, 0.15) is 17.0 Å². The molecule has 0 radical (unpaired) electrons. The summed E-state index contributed by atoms with van der Waals surface area (Å²) >= 11 is 5.21. The number of thiocarbonyl (C=S) groups is 1. The average molecular weight is 369 g/mol. The number of rotatable bonds is 6. The standard InChI is InChI=1S/C15H19N3O6S/c1-22-7-8-24-12(19)9-10-13(20)16-4-5-18(10)15(25)17-14(21)11-3-2-6-23-11/h2-3,6,10H,4-5,7-9H2,1H3,(H,16,20)(H,17,21,25). The van der Waals surface area contributed by atoms with E-state index < -0.39 is 17.9 Å². The second-order valence-corrected chi connectivity index (χ2v) is 5.54. The number of carbonyl (C=O) groups excluding carboxylic acids is 3. The second kappa shape index (κ2) is 9.14. The van der Waals surface area contributed by atoms with Crippen LogP contribution in [-0.4, -0.2) is 67.3 Å². The first-order valence-corrected chi connectivity index (χ1v) is 8.01. The zero-order valence-corrected chi connectivity index (χ0v) is 14.5. The van der Waals surface area contributed by atoms with Gasteiger partial charge in [0.1, 0.15) is 12.6 Å². The normalized spacial score (nSPS) is 16.9. The van der Waals surface area contributed by atoms with Crippen LogP contribution in [0.4, 0.5) is 0 Å². The first-order chi connectivity index (χ1) is 12.0. The number of nitrogens with one attached hydrogen (secondary N) is 2. The Balaban J connectivity index is 1.97. The van der Waals surface area contributed by atoms with Crippen LogP contribution in [0.3, 0.4) is 0 Å². The van der Waals surface area contributed by atoms with Crippen LogP contribution in [0.5, 0.6) is 0 Å². The van der Waals surface area contributed by atoms with Gasteiger partial charge in [0.05, 0.1) is 19.3 Å². The summed E-state index contributed by atoms with van der Waals surface area (Å²) < 4.78 is 14.8. The van der Waals surface area contributed by atoms with E-state index in [1.165, 1.54) is 24.3 Å². The summed E-state index contributed by atoms with van der Waals surface area (Å²) in [5.41, 5.74) is 0. The third-order valence-corrected chi connectivity index (χ3v) is 3.80. The fraction of sp³-hybridized carbons (Fsp3) is 0.467. The largest absolute Gasteiger partial charge is 0.463 e. The Kier molecular flexibility index (Phi) is 6.90. The SMILES string of the molecule is COCCOC(=O)CC1C(=O)NCCN1C(=S)NC(=O)c1ccco1. The summed E-state index contributed by atoms with van der Waals surface area (Å²) in [7, 11) is 1.49. The number of carbonyl (C=O) groups is 3. The van der Waals surface area contributed by atoms with Crippen LogP contribution >= 0.6 is 12.2 Å². The molecule has 0 spiro atoms. The van der Waals surface area contributed by atoms with E-state index in [2.05, 4.69) is 10.6 Å². The van der Waals surface area contributed by atoms with Crippen LogP contribution in [0.2, 0.25) is 0 Å². The molecule has 1 saturated heterocycles. The minimum atomic E-state index is -0.854. The van der Waals surface area contributed by atoms with Gasteiger partial charge in [-0.1, -0.05) is 0 Å². The molecule has 25 heavy (non-hydrogen) atoms. The smallest absolute Gasteiger partial charge is 0.308 e. The molecule has 0 aromatic carbocycles. The predicted molar refractivity (Wildman–Crippen MR) is 89.7 cm³/mol. The molecule has 9 nitrogen and oxygen atoms in total.